The van der Waals surface area contributed by atoms with Crippen molar-refractivity contribution in [3.63, 3.8) is 0 Å². The molecule has 0 saturated heterocycles. The molecule has 0 aromatic heterocycles. The Kier molecular flexibility index (Phi) is 11.6. The van der Waals surface area contributed by atoms with Gasteiger partial charge in [-0.2, -0.15) is 0 Å². The topological polar surface area (TPSA) is 74.6 Å². The number of aliphatic carboxylic acids is 2. The minimum atomic E-state index is -1.07. The summed E-state index contributed by atoms with van der Waals surface area (Å²) in [6.07, 6.45) is 14.1. The normalized spacial score (nSPS) is 14.2. The van der Waals surface area contributed by atoms with Gasteiger partial charge in [-0.25, -0.2) is 0 Å². The number of hydrogen-bond donors (Lipinski definition) is 2. The fourth-order valence-electron chi connectivity index (χ4n) is 2.26. The minimum Gasteiger partial charge on any atom is -0.481 e. The van der Waals surface area contributed by atoms with Gasteiger partial charge in [-0.3, -0.25) is 9.59 Å². The summed E-state index contributed by atoms with van der Waals surface area (Å²) in [7, 11) is 0. The van der Waals surface area contributed by atoms with E-state index in [0.29, 0.717) is 0 Å². The third-order valence-electron chi connectivity index (χ3n) is 3.78. The van der Waals surface area contributed by atoms with E-state index in [4.69, 9.17) is 10.2 Å². The fraction of sp³-hybridized carbons (Fsp3) is 0.765. The zero-order valence-electron chi connectivity index (χ0n) is 13.4. The van der Waals surface area contributed by atoms with Gasteiger partial charge < -0.3 is 10.2 Å². The average molecular weight is 298 g/mol. The molecule has 0 aliphatic rings. The van der Waals surface area contributed by atoms with Crippen molar-refractivity contribution >= 4 is 11.9 Å². The third-order valence-corrected chi connectivity index (χ3v) is 3.78. The second kappa shape index (κ2) is 12.4. The Bertz CT molecular complexity index is 323. The molecule has 0 radical (unpaired) electrons. The Morgan fingerprint density at radius 2 is 1.43 bits per heavy atom. The van der Waals surface area contributed by atoms with Gasteiger partial charge in [0.05, 0.1) is 11.8 Å². The lowest BCUT2D eigenvalue weighted by Crippen LogP contribution is -2.25. The Hall–Kier alpha value is -1.32. The van der Waals surface area contributed by atoms with Crippen molar-refractivity contribution in [3.05, 3.63) is 12.2 Å². The summed E-state index contributed by atoms with van der Waals surface area (Å²) in [5.74, 6) is -3.97. The Balaban J connectivity index is 3.78. The van der Waals surface area contributed by atoms with Gasteiger partial charge in [0.1, 0.15) is 0 Å². The molecule has 122 valence electrons. The molecule has 4 nitrogen and oxygen atoms in total. The number of carboxylic acid groups (broad SMARTS) is 2. The first-order valence-corrected chi connectivity index (χ1v) is 8.13. The first kappa shape index (κ1) is 19.7. The molecule has 0 spiro atoms. The second-order valence-electron chi connectivity index (χ2n) is 5.68. The number of rotatable bonds is 13. The number of allylic oxidation sites excluding steroid dienone is 1. The highest BCUT2D eigenvalue weighted by atomic mass is 16.4. The van der Waals surface area contributed by atoms with Crippen LogP contribution >= 0.6 is 0 Å². The standard InChI is InChI=1S/C17H30O4/c1-3-4-5-6-7-8-9-10-11-12-13-15(17(20)21)14(2)16(18)19/h12-15H,3-11H2,1-2H3,(H,18,19)(H,20,21)/b13-12+. The molecule has 0 aromatic rings. The van der Waals surface area contributed by atoms with Gasteiger partial charge in [-0.05, 0) is 12.8 Å². The van der Waals surface area contributed by atoms with Crippen molar-refractivity contribution in [1.82, 2.24) is 0 Å². The molecule has 0 aromatic carbocycles. The Morgan fingerprint density at radius 1 is 0.905 bits per heavy atom. The van der Waals surface area contributed by atoms with Crippen LogP contribution in [0.2, 0.25) is 0 Å². The summed E-state index contributed by atoms with van der Waals surface area (Å²) in [5.41, 5.74) is 0. The molecule has 0 aliphatic heterocycles. The lowest BCUT2D eigenvalue weighted by Gasteiger charge is -2.11. The number of unbranched alkanes of at least 4 members (excludes halogenated alkanes) is 8. The van der Waals surface area contributed by atoms with E-state index in [-0.39, 0.29) is 0 Å². The van der Waals surface area contributed by atoms with Crippen LogP contribution < -0.4 is 0 Å². The maximum Gasteiger partial charge on any atom is 0.311 e. The first-order chi connectivity index (χ1) is 10.0. The van der Waals surface area contributed by atoms with E-state index in [9.17, 15) is 9.59 Å². The van der Waals surface area contributed by atoms with Gasteiger partial charge in [0.2, 0.25) is 0 Å². The Morgan fingerprint density at radius 3 is 1.90 bits per heavy atom. The highest BCUT2D eigenvalue weighted by molar-refractivity contribution is 5.81. The van der Waals surface area contributed by atoms with Crippen LogP contribution in [-0.2, 0) is 9.59 Å². The molecular formula is C17H30O4. The van der Waals surface area contributed by atoms with Gasteiger partial charge in [0, 0.05) is 0 Å². The van der Waals surface area contributed by atoms with Gasteiger partial charge in [0.15, 0.2) is 0 Å². The van der Waals surface area contributed by atoms with Crippen LogP contribution in [-0.4, -0.2) is 22.2 Å². The Labute approximate surface area is 128 Å². The zero-order chi connectivity index (χ0) is 16.1. The fourth-order valence-corrected chi connectivity index (χ4v) is 2.26. The summed E-state index contributed by atoms with van der Waals surface area (Å²) in [5, 5.41) is 17.9. The first-order valence-electron chi connectivity index (χ1n) is 8.13. The number of carboxylic acids is 2. The summed E-state index contributed by atoms with van der Waals surface area (Å²) in [4.78, 5) is 21.9. The van der Waals surface area contributed by atoms with E-state index in [0.717, 1.165) is 19.3 Å². The highest BCUT2D eigenvalue weighted by Crippen LogP contribution is 2.15. The minimum absolute atomic E-state index is 0.824. The molecule has 4 heteroatoms. The molecule has 2 N–H and O–H groups in total. The lowest BCUT2D eigenvalue weighted by atomic mass is 9.93. The highest BCUT2D eigenvalue weighted by Gasteiger charge is 2.27. The van der Waals surface area contributed by atoms with Crippen LogP contribution in [0.25, 0.3) is 0 Å². The van der Waals surface area contributed by atoms with Crippen LogP contribution in [0.3, 0.4) is 0 Å². The molecule has 0 bridgehead atoms. The number of hydrogen-bond acceptors (Lipinski definition) is 2. The predicted octanol–water partition coefficient (Wildman–Crippen LogP) is 4.49. The molecule has 2 atom stereocenters. The average Bonchev–Trinajstić information content (AvgIpc) is 2.43. The van der Waals surface area contributed by atoms with Crippen molar-refractivity contribution < 1.29 is 19.8 Å². The monoisotopic (exact) mass is 298 g/mol. The van der Waals surface area contributed by atoms with Crippen molar-refractivity contribution in [2.75, 3.05) is 0 Å². The van der Waals surface area contributed by atoms with E-state index >= 15 is 0 Å². The van der Waals surface area contributed by atoms with E-state index < -0.39 is 23.8 Å². The van der Waals surface area contributed by atoms with Crippen LogP contribution in [0.4, 0.5) is 0 Å². The van der Waals surface area contributed by atoms with Crippen LogP contribution in [0.15, 0.2) is 12.2 Å². The molecule has 0 heterocycles. The van der Waals surface area contributed by atoms with Crippen LogP contribution in [0.1, 0.15) is 71.6 Å². The molecule has 0 rings (SSSR count). The quantitative estimate of drug-likeness (QED) is 0.388. The maximum atomic E-state index is 11.0. The summed E-state index contributed by atoms with van der Waals surface area (Å²) in [6.45, 7) is 3.64. The molecule has 0 amide bonds. The van der Waals surface area contributed by atoms with E-state index in [2.05, 4.69) is 6.92 Å². The van der Waals surface area contributed by atoms with Crippen molar-refractivity contribution in [2.24, 2.45) is 11.8 Å². The van der Waals surface area contributed by atoms with E-state index in [1.165, 1.54) is 51.5 Å². The van der Waals surface area contributed by atoms with Crippen molar-refractivity contribution in [2.45, 2.75) is 71.6 Å². The van der Waals surface area contributed by atoms with E-state index in [1.54, 1.807) is 0 Å². The van der Waals surface area contributed by atoms with Gasteiger partial charge in [-0.1, -0.05) is 70.9 Å². The molecule has 0 fully saturated rings. The van der Waals surface area contributed by atoms with Crippen LogP contribution in [0.5, 0.6) is 0 Å². The molecule has 0 saturated carbocycles. The molecule has 21 heavy (non-hydrogen) atoms. The van der Waals surface area contributed by atoms with Gasteiger partial charge in [0.25, 0.3) is 0 Å². The van der Waals surface area contributed by atoms with E-state index in [1.807, 2.05) is 6.08 Å². The molecule has 0 aliphatic carbocycles. The van der Waals surface area contributed by atoms with Gasteiger partial charge in [-0.15, -0.1) is 0 Å². The second-order valence-corrected chi connectivity index (χ2v) is 5.68. The lowest BCUT2D eigenvalue weighted by molar-refractivity contribution is -0.151. The summed E-state index contributed by atoms with van der Waals surface area (Å²) in [6, 6.07) is 0. The maximum absolute atomic E-state index is 11.0. The SMILES string of the molecule is CCCCCCCCCC/C=C/C(C(=O)O)C(C)C(=O)O. The van der Waals surface area contributed by atoms with Crippen molar-refractivity contribution in [1.29, 1.82) is 0 Å². The smallest absolute Gasteiger partial charge is 0.311 e. The summed E-state index contributed by atoms with van der Waals surface area (Å²) >= 11 is 0. The molecular weight excluding hydrogens is 268 g/mol. The molecule has 2 unspecified atom stereocenters. The number of carbonyl (C=O) groups is 2. The van der Waals surface area contributed by atoms with Gasteiger partial charge >= 0.3 is 11.9 Å². The van der Waals surface area contributed by atoms with Crippen molar-refractivity contribution in [3.8, 4) is 0 Å². The zero-order valence-corrected chi connectivity index (χ0v) is 13.4. The van der Waals surface area contributed by atoms with Crippen LogP contribution in [0, 0.1) is 11.8 Å². The largest absolute Gasteiger partial charge is 0.481 e. The predicted molar refractivity (Wildman–Crippen MR) is 84.3 cm³/mol. The third kappa shape index (κ3) is 10.1. The summed E-state index contributed by atoms with van der Waals surface area (Å²) < 4.78 is 0.